The molecular formula is C31H33Cl2FN4O5S. The number of fused-ring (bicyclic) bond motifs is 2. The molecular weight excluding hydrogens is 630 g/mol. The number of anilines is 3. The summed E-state index contributed by atoms with van der Waals surface area (Å²) >= 11 is 12.6. The van der Waals surface area contributed by atoms with Crippen LogP contribution >= 0.6 is 23.2 Å². The molecule has 4 atom stereocenters. The van der Waals surface area contributed by atoms with Gasteiger partial charge in [0, 0.05) is 28.7 Å². The van der Waals surface area contributed by atoms with E-state index in [1.165, 1.54) is 31.4 Å². The van der Waals surface area contributed by atoms with Crippen LogP contribution in [0.25, 0.3) is 0 Å². The molecule has 13 heteroatoms. The number of amides is 2. The molecule has 44 heavy (non-hydrogen) atoms. The summed E-state index contributed by atoms with van der Waals surface area (Å²) in [6, 6.07) is 12.3. The van der Waals surface area contributed by atoms with Gasteiger partial charge in [0.05, 0.1) is 35.8 Å². The SMILES string of the molecule is COc1cc(NS(C)(=O)=O)ccc1NC(=O)C1NC(CC(C)(C)C)C2(C(=O)Nc3cc(Cl)ccc32)C1c1cccc(Cl)c1F. The van der Waals surface area contributed by atoms with Crippen molar-refractivity contribution in [2.45, 2.75) is 50.6 Å². The van der Waals surface area contributed by atoms with Crippen LogP contribution in [0.15, 0.2) is 54.6 Å². The maximum absolute atomic E-state index is 16.0. The number of hydrogen-bond acceptors (Lipinski definition) is 6. The Morgan fingerprint density at radius 2 is 1.84 bits per heavy atom. The fourth-order valence-electron chi connectivity index (χ4n) is 6.43. The van der Waals surface area contributed by atoms with Crippen LogP contribution in [-0.2, 0) is 25.0 Å². The van der Waals surface area contributed by atoms with Crippen molar-refractivity contribution in [1.29, 1.82) is 0 Å². The van der Waals surface area contributed by atoms with Crippen LogP contribution in [0.1, 0.15) is 44.2 Å². The third kappa shape index (κ3) is 5.85. The predicted molar refractivity (Wildman–Crippen MR) is 171 cm³/mol. The van der Waals surface area contributed by atoms with Gasteiger partial charge in [0.15, 0.2) is 0 Å². The third-order valence-corrected chi connectivity index (χ3v) is 9.12. The second-order valence-corrected chi connectivity index (χ2v) is 15.0. The van der Waals surface area contributed by atoms with Gasteiger partial charge in [-0.15, -0.1) is 0 Å². The Balaban J connectivity index is 1.67. The Bertz CT molecular complexity index is 1760. The van der Waals surface area contributed by atoms with Gasteiger partial charge in [-0.2, -0.15) is 0 Å². The van der Waals surface area contributed by atoms with E-state index in [0.717, 1.165) is 6.26 Å². The average molecular weight is 664 g/mol. The lowest BCUT2D eigenvalue weighted by molar-refractivity contribution is -0.122. The van der Waals surface area contributed by atoms with Crippen LogP contribution in [0.5, 0.6) is 5.75 Å². The molecule has 0 saturated carbocycles. The van der Waals surface area contributed by atoms with E-state index in [2.05, 4.69) is 20.7 Å². The summed E-state index contributed by atoms with van der Waals surface area (Å²) in [5.41, 5.74) is -0.0150. The minimum atomic E-state index is -3.56. The van der Waals surface area contributed by atoms with Crippen LogP contribution in [0.4, 0.5) is 21.5 Å². The summed E-state index contributed by atoms with van der Waals surface area (Å²) in [6.07, 6.45) is 1.48. The maximum atomic E-state index is 16.0. The van der Waals surface area contributed by atoms with Gasteiger partial charge < -0.3 is 20.7 Å². The van der Waals surface area contributed by atoms with Gasteiger partial charge in [-0.05, 0) is 53.3 Å². The van der Waals surface area contributed by atoms with Crippen LogP contribution in [0, 0.1) is 11.2 Å². The van der Waals surface area contributed by atoms with Gasteiger partial charge in [0.2, 0.25) is 21.8 Å². The lowest BCUT2D eigenvalue weighted by atomic mass is 9.62. The highest BCUT2D eigenvalue weighted by atomic mass is 35.5. The molecule has 2 amide bonds. The van der Waals surface area contributed by atoms with Crippen molar-refractivity contribution in [2.75, 3.05) is 28.7 Å². The number of benzene rings is 3. The summed E-state index contributed by atoms with van der Waals surface area (Å²) in [5, 5.41) is 9.49. The van der Waals surface area contributed by atoms with Crippen LogP contribution in [0.2, 0.25) is 10.0 Å². The quantitative estimate of drug-likeness (QED) is 0.250. The van der Waals surface area contributed by atoms with Crippen molar-refractivity contribution in [1.82, 2.24) is 5.32 Å². The second-order valence-electron chi connectivity index (χ2n) is 12.4. The molecule has 4 unspecified atom stereocenters. The first-order chi connectivity index (χ1) is 20.5. The first kappa shape index (κ1) is 32.0. The zero-order chi connectivity index (χ0) is 32.2. The van der Waals surface area contributed by atoms with Crippen LogP contribution in [0.3, 0.4) is 0 Å². The molecule has 3 aromatic carbocycles. The first-order valence-corrected chi connectivity index (χ1v) is 16.5. The smallest absolute Gasteiger partial charge is 0.242 e. The van der Waals surface area contributed by atoms with Gasteiger partial charge in [0.1, 0.15) is 17.0 Å². The zero-order valence-corrected chi connectivity index (χ0v) is 27.0. The molecule has 234 valence electrons. The largest absolute Gasteiger partial charge is 0.494 e. The van der Waals surface area contributed by atoms with E-state index in [-0.39, 0.29) is 39.0 Å². The van der Waals surface area contributed by atoms with Crippen molar-refractivity contribution in [2.24, 2.45) is 5.41 Å². The third-order valence-electron chi connectivity index (χ3n) is 7.98. The predicted octanol–water partition coefficient (Wildman–Crippen LogP) is 5.90. The fraction of sp³-hybridized carbons (Fsp3) is 0.355. The molecule has 1 saturated heterocycles. The molecule has 0 aliphatic carbocycles. The Hall–Kier alpha value is -3.38. The molecule has 3 aromatic rings. The van der Waals surface area contributed by atoms with E-state index in [1.54, 1.807) is 30.3 Å². The van der Waals surface area contributed by atoms with E-state index in [9.17, 15) is 18.0 Å². The molecule has 2 aliphatic rings. The Morgan fingerprint density at radius 3 is 2.50 bits per heavy atom. The van der Waals surface area contributed by atoms with Crippen molar-refractivity contribution < 1.29 is 27.1 Å². The Kier molecular flexibility index (Phi) is 8.39. The molecule has 0 aromatic heterocycles. The highest BCUT2D eigenvalue weighted by Gasteiger charge is 2.66. The molecule has 1 spiro atoms. The Morgan fingerprint density at radius 1 is 1.11 bits per heavy atom. The number of ether oxygens (including phenoxy) is 1. The molecule has 0 bridgehead atoms. The van der Waals surface area contributed by atoms with Crippen molar-refractivity contribution in [3.8, 4) is 5.75 Å². The van der Waals surface area contributed by atoms with Crippen LogP contribution in [-0.4, -0.2) is 45.7 Å². The number of methoxy groups -OCH3 is 1. The monoisotopic (exact) mass is 662 g/mol. The minimum absolute atomic E-state index is 0.110. The highest BCUT2D eigenvalue weighted by molar-refractivity contribution is 7.92. The van der Waals surface area contributed by atoms with Gasteiger partial charge in [-0.3, -0.25) is 14.3 Å². The zero-order valence-electron chi connectivity index (χ0n) is 24.7. The molecule has 0 radical (unpaired) electrons. The average Bonchev–Trinajstić information content (AvgIpc) is 3.39. The number of carbonyl (C=O) groups excluding carboxylic acids is 2. The van der Waals surface area contributed by atoms with E-state index in [1.807, 2.05) is 20.8 Å². The van der Waals surface area contributed by atoms with E-state index >= 15 is 4.39 Å². The van der Waals surface area contributed by atoms with Gasteiger partial charge in [-0.25, -0.2) is 12.8 Å². The van der Waals surface area contributed by atoms with Gasteiger partial charge >= 0.3 is 0 Å². The molecule has 4 N–H and O–H groups in total. The van der Waals surface area contributed by atoms with Crippen molar-refractivity contribution in [3.63, 3.8) is 0 Å². The Labute approximate surface area is 265 Å². The van der Waals surface area contributed by atoms with E-state index < -0.39 is 45.2 Å². The summed E-state index contributed by atoms with van der Waals surface area (Å²) < 4.78 is 47.2. The second kappa shape index (κ2) is 11.5. The minimum Gasteiger partial charge on any atom is -0.494 e. The number of nitrogens with one attached hydrogen (secondary N) is 4. The molecule has 2 heterocycles. The van der Waals surface area contributed by atoms with Crippen molar-refractivity contribution in [3.05, 3.63) is 81.6 Å². The number of halogens is 3. The van der Waals surface area contributed by atoms with E-state index in [0.29, 0.717) is 22.7 Å². The lowest BCUT2D eigenvalue weighted by Gasteiger charge is -2.37. The summed E-state index contributed by atoms with van der Waals surface area (Å²) in [7, 11) is -2.18. The number of carbonyl (C=O) groups is 2. The molecule has 9 nitrogen and oxygen atoms in total. The van der Waals surface area contributed by atoms with Crippen LogP contribution < -0.4 is 25.4 Å². The summed E-state index contributed by atoms with van der Waals surface area (Å²) in [5.74, 6) is -2.51. The molecule has 2 aliphatic heterocycles. The maximum Gasteiger partial charge on any atom is 0.242 e. The summed E-state index contributed by atoms with van der Waals surface area (Å²) in [4.78, 5) is 28.5. The van der Waals surface area contributed by atoms with Gasteiger partial charge in [-0.1, -0.05) is 62.2 Å². The topological polar surface area (TPSA) is 126 Å². The first-order valence-electron chi connectivity index (χ1n) is 13.8. The number of hydrogen-bond donors (Lipinski definition) is 4. The fourth-order valence-corrected chi connectivity index (χ4v) is 7.34. The highest BCUT2D eigenvalue weighted by Crippen LogP contribution is 2.57. The number of rotatable bonds is 7. The van der Waals surface area contributed by atoms with Gasteiger partial charge in [0.25, 0.3) is 0 Å². The van der Waals surface area contributed by atoms with Crippen molar-refractivity contribution >= 4 is 62.1 Å². The lowest BCUT2D eigenvalue weighted by Crippen LogP contribution is -2.49. The molecule has 5 rings (SSSR count). The normalized spacial score (nSPS) is 22.9. The number of sulfonamides is 1. The van der Waals surface area contributed by atoms with E-state index in [4.69, 9.17) is 27.9 Å². The standard InChI is InChI=1S/C31H33Cl2FN4O5S/c1-30(2,3)15-24-31(19-11-9-16(32)13-22(19)36-29(31)40)25(18-7-6-8-20(33)26(18)34)27(37-24)28(39)35-21-12-10-17(14-23(21)43-4)38-44(5,41)42/h6-14,24-25,27,37-38H,15H2,1-5H3,(H,35,39)(H,36,40). The summed E-state index contributed by atoms with van der Waals surface area (Å²) in [6.45, 7) is 6.08. The molecule has 1 fully saturated rings.